The van der Waals surface area contributed by atoms with E-state index in [-0.39, 0.29) is 11.8 Å². The third kappa shape index (κ3) is 6.10. The Morgan fingerprint density at radius 3 is 2.45 bits per heavy atom. The highest BCUT2D eigenvalue weighted by Crippen LogP contribution is 2.25. The summed E-state index contributed by atoms with van der Waals surface area (Å²) in [7, 11) is 1.92. The van der Waals surface area contributed by atoms with Crippen molar-refractivity contribution < 1.29 is 9.59 Å². The third-order valence-electron chi connectivity index (χ3n) is 5.57. The second kappa shape index (κ2) is 10.5. The van der Waals surface area contributed by atoms with E-state index in [1.54, 1.807) is 0 Å². The third-order valence-corrected chi connectivity index (χ3v) is 6.63. The standard InChI is InChI=1S/C24H30N2O2S/c1-18-12-14-19(15-13-18)16-25-24(28)21-10-6-7-11-22(21)29-17-23(27)26(2)20-8-4-3-5-9-20/h6-7,10-15,20H,3-5,8-9,16-17H2,1-2H3,(H,25,28). The van der Waals surface area contributed by atoms with E-state index in [0.717, 1.165) is 23.3 Å². The van der Waals surface area contributed by atoms with Crippen LogP contribution in [0.3, 0.4) is 0 Å². The van der Waals surface area contributed by atoms with Gasteiger partial charge in [-0.1, -0.05) is 61.2 Å². The van der Waals surface area contributed by atoms with Gasteiger partial charge in [-0.2, -0.15) is 0 Å². The summed E-state index contributed by atoms with van der Waals surface area (Å²) in [5.41, 5.74) is 2.89. The van der Waals surface area contributed by atoms with E-state index in [1.165, 1.54) is 36.6 Å². The molecule has 3 rings (SSSR count). The van der Waals surface area contributed by atoms with Crippen molar-refractivity contribution in [3.63, 3.8) is 0 Å². The minimum absolute atomic E-state index is 0.109. The summed E-state index contributed by atoms with van der Waals surface area (Å²) >= 11 is 1.45. The fourth-order valence-electron chi connectivity index (χ4n) is 3.68. The molecule has 1 aliphatic carbocycles. The van der Waals surface area contributed by atoms with Crippen LogP contribution in [0.25, 0.3) is 0 Å². The predicted octanol–water partition coefficient (Wildman–Crippen LogP) is 4.81. The fraction of sp³-hybridized carbons (Fsp3) is 0.417. The van der Waals surface area contributed by atoms with Gasteiger partial charge in [-0.05, 0) is 37.5 Å². The van der Waals surface area contributed by atoms with E-state index in [0.29, 0.717) is 23.9 Å². The van der Waals surface area contributed by atoms with E-state index < -0.39 is 0 Å². The fourth-order valence-corrected chi connectivity index (χ4v) is 4.65. The van der Waals surface area contributed by atoms with Gasteiger partial charge in [-0.3, -0.25) is 9.59 Å². The first-order valence-corrected chi connectivity index (χ1v) is 11.3. The van der Waals surface area contributed by atoms with Crippen molar-refractivity contribution in [1.82, 2.24) is 10.2 Å². The van der Waals surface area contributed by atoms with Crippen molar-refractivity contribution >= 4 is 23.6 Å². The Balaban J connectivity index is 1.57. The Kier molecular flexibility index (Phi) is 7.76. The van der Waals surface area contributed by atoms with Crippen molar-refractivity contribution in [2.24, 2.45) is 0 Å². The highest BCUT2D eigenvalue weighted by molar-refractivity contribution is 8.00. The van der Waals surface area contributed by atoms with Crippen molar-refractivity contribution in [1.29, 1.82) is 0 Å². The molecule has 29 heavy (non-hydrogen) atoms. The van der Waals surface area contributed by atoms with Crippen LogP contribution in [0.2, 0.25) is 0 Å². The van der Waals surface area contributed by atoms with Crippen molar-refractivity contribution in [3.05, 3.63) is 65.2 Å². The van der Waals surface area contributed by atoms with Gasteiger partial charge in [0.05, 0.1) is 11.3 Å². The second-order valence-corrected chi connectivity index (χ2v) is 8.77. The zero-order valence-corrected chi connectivity index (χ0v) is 18.1. The molecule has 0 aromatic heterocycles. The number of hydrogen-bond donors (Lipinski definition) is 1. The summed E-state index contributed by atoms with van der Waals surface area (Å²) in [5.74, 6) is 0.383. The molecule has 4 nitrogen and oxygen atoms in total. The average Bonchev–Trinajstić information content (AvgIpc) is 2.77. The Morgan fingerprint density at radius 2 is 1.72 bits per heavy atom. The molecule has 0 spiro atoms. The number of carbonyl (C=O) groups excluding carboxylic acids is 2. The van der Waals surface area contributed by atoms with Crippen LogP contribution in [-0.4, -0.2) is 35.6 Å². The average molecular weight is 411 g/mol. The summed E-state index contributed by atoms with van der Waals surface area (Å²) in [5, 5.41) is 2.99. The summed E-state index contributed by atoms with van der Waals surface area (Å²) < 4.78 is 0. The summed E-state index contributed by atoms with van der Waals surface area (Å²) in [6.07, 6.45) is 5.90. The molecular weight excluding hydrogens is 380 g/mol. The zero-order chi connectivity index (χ0) is 20.6. The maximum absolute atomic E-state index is 12.7. The molecule has 5 heteroatoms. The summed E-state index contributed by atoms with van der Waals surface area (Å²) in [6, 6.07) is 16.0. The van der Waals surface area contributed by atoms with Gasteiger partial charge in [0.15, 0.2) is 0 Å². The van der Waals surface area contributed by atoms with Gasteiger partial charge in [-0.15, -0.1) is 11.8 Å². The van der Waals surface area contributed by atoms with Gasteiger partial charge in [0, 0.05) is 24.5 Å². The Labute approximate surface area is 178 Å². The van der Waals surface area contributed by atoms with Crippen molar-refractivity contribution in [2.75, 3.05) is 12.8 Å². The molecule has 2 aromatic rings. The molecule has 0 atom stereocenters. The molecular formula is C24H30N2O2S. The molecule has 0 saturated heterocycles. The Bertz CT molecular complexity index is 829. The van der Waals surface area contributed by atoms with E-state index in [2.05, 4.69) is 5.32 Å². The number of nitrogens with one attached hydrogen (secondary N) is 1. The van der Waals surface area contributed by atoms with Crippen molar-refractivity contribution in [2.45, 2.75) is 56.5 Å². The molecule has 0 heterocycles. The zero-order valence-electron chi connectivity index (χ0n) is 17.3. The molecule has 1 N–H and O–H groups in total. The normalized spacial score (nSPS) is 14.4. The molecule has 0 unspecified atom stereocenters. The highest BCUT2D eigenvalue weighted by Gasteiger charge is 2.22. The van der Waals surface area contributed by atoms with E-state index in [9.17, 15) is 9.59 Å². The minimum Gasteiger partial charge on any atom is -0.348 e. The molecule has 0 bridgehead atoms. The van der Waals surface area contributed by atoms with E-state index >= 15 is 0 Å². The molecule has 2 amide bonds. The van der Waals surface area contributed by atoms with Gasteiger partial charge >= 0.3 is 0 Å². The molecule has 154 valence electrons. The number of benzene rings is 2. The second-order valence-electron chi connectivity index (χ2n) is 7.75. The quantitative estimate of drug-likeness (QED) is 0.667. The Morgan fingerprint density at radius 1 is 1.03 bits per heavy atom. The number of thioether (sulfide) groups is 1. The lowest BCUT2D eigenvalue weighted by Gasteiger charge is -2.31. The van der Waals surface area contributed by atoms with Crippen LogP contribution in [0.4, 0.5) is 0 Å². The van der Waals surface area contributed by atoms with Crippen molar-refractivity contribution in [3.8, 4) is 0 Å². The molecule has 2 aromatic carbocycles. The van der Waals surface area contributed by atoms with Crippen LogP contribution in [0.15, 0.2) is 53.4 Å². The van der Waals surface area contributed by atoms with E-state index in [1.807, 2.05) is 67.4 Å². The van der Waals surface area contributed by atoms with Crippen LogP contribution < -0.4 is 5.32 Å². The van der Waals surface area contributed by atoms with Crippen LogP contribution in [0.1, 0.15) is 53.6 Å². The van der Waals surface area contributed by atoms with Crippen LogP contribution in [0.5, 0.6) is 0 Å². The van der Waals surface area contributed by atoms with Gasteiger partial charge in [-0.25, -0.2) is 0 Å². The number of rotatable bonds is 7. The molecule has 0 radical (unpaired) electrons. The first kappa shape index (κ1) is 21.4. The first-order valence-electron chi connectivity index (χ1n) is 10.4. The predicted molar refractivity (Wildman–Crippen MR) is 119 cm³/mol. The lowest BCUT2D eigenvalue weighted by atomic mass is 9.94. The molecule has 1 saturated carbocycles. The lowest BCUT2D eigenvalue weighted by Crippen LogP contribution is -2.39. The van der Waals surface area contributed by atoms with Crippen LogP contribution >= 0.6 is 11.8 Å². The SMILES string of the molecule is Cc1ccc(CNC(=O)c2ccccc2SCC(=O)N(C)C2CCCCC2)cc1. The number of carbonyl (C=O) groups is 2. The first-order chi connectivity index (χ1) is 14.0. The number of amides is 2. The highest BCUT2D eigenvalue weighted by atomic mass is 32.2. The summed E-state index contributed by atoms with van der Waals surface area (Å²) in [4.78, 5) is 28.1. The van der Waals surface area contributed by atoms with Gasteiger partial charge in [0.1, 0.15) is 0 Å². The lowest BCUT2D eigenvalue weighted by molar-refractivity contribution is -0.129. The van der Waals surface area contributed by atoms with Gasteiger partial charge in [0.25, 0.3) is 5.91 Å². The topological polar surface area (TPSA) is 49.4 Å². The number of aryl methyl sites for hydroxylation is 1. The maximum Gasteiger partial charge on any atom is 0.252 e. The van der Waals surface area contributed by atoms with Crippen LogP contribution in [0, 0.1) is 6.92 Å². The van der Waals surface area contributed by atoms with E-state index in [4.69, 9.17) is 0 Å². The van der Waals surface area contributed by atoms with Gasteiger partial charge in [0.2, 0.25) is 5.91 Å². The smallest absolute Gasteiger partial charge is 0.252 e. The Hall–Kier alpha value is -2.27. The number of nitrogens with zero attached hydrogens (tertiary/aromatic N) is 1. The monoisotopic (exact) mass is 410 g/mol. The minimum atomic E-state index is -0.109. The molecule has 1 fully saturated rings. The largest absolute Gasteiger partial charge is 0.348 e. The van der Waals surface area contributed by atoms with Crippen LogP contribution in [-0.2, 0) is 11.3 Å². The van der Waals surface area contributed by atoms with Gasteiger partial charge < -0.3 is 10.2 Å². The number of hydrogen-bond acceptors (Lipinski definition) is 3. The summed E-state index contributed by atoms with van der Waals surface area (Å²) in [6.45, 7) is 2.53. The molecule has 1 aliphatic rings. The molecule has 0 aliphatic heterocycles. The maximum atomic E-state index is 12.7.